The second-order valence-corrected chi connectivity index (χ2v) is 3.86. The molecule has 2 aromatic carbocycles. The highest BCUT2D eigenvalue weighted by molar-refractivity contribution is 6.33. The zero-order chi connectivity index (χ0) is 12.4. The van der Waals surface area contributed by atoms with Crippen molar-refractivity contribution in [1.29, 1.82) is 0 Å². The molecule has 2 nitrogen and oxygen atoms in total. The standard InChI is InChI=1S/C12H9ClF2N2/c13-8-2-1-3-9(15)12(8)17-11-6-7(14)4-5-10(11)16/h1-6,17H,16H2. The lowest BCUT2D eigenvalue weighted by molar-refractivity contribution is 0.627. The van der Waals surface area contributed by atoms with E-state index in [1.807, 2.05) is 0 Å². The maximum atomic E-state index is 13.5. The number of nitrogen functional groups attached to an aromatic ring is 1. The van der Waals surface area contributed by atoms with E-state index in [-0.39, 0.29) is 16.4 Å². The van der Waals surface area contributed by atoms with E-state index < -0.39 is 11.6 Å². The number of halogens is 3. The summed E-state index contributed by atoms with van der Waals surface area (Å²) in [4.78, 5) is 0. The molecule has 0 heterocycles. The topological polar surface area (TPSA) is 38.0 Å². The van der Waals surface area contributed by atoms with Gasteiger partial charge in [0.1, 0.15) is 11.6 Å². The van der Waals surface area contributed by atoms with Crippen molar-refractivity contribution in [3.05, 3.63) is 53.1 Å². The Morgan fingerprint density at radius 1 is 1.12 bits per heavy atom. The number of rotatable bonds is 2. The van der Waals surface area contributed by atoms with Crippen molar-refractivity contribution >= 4 is 28.7 Å². The molecule has 5 heteroatoms. The van der Waals surface area contributed by atoms with Gasteiger partial charge in [-0.25, -0.2) is 8.78 Å². The van der Waals surface area contributed by atoms with Crippen molar-refractivity contribution in [1.82, 2.24) is 0 Å². The lowest BCUT2D eigenvalue weighted by Gasteiger charge is -2.11. The first-order chi connectivity index (χ1) is 8.08. The Morgan fingerprint density at radius 3 is 2.59 bits per heavy atom. The van der Waals surface area contributed by atoms with Crippen LogP contribution in [0.15, 0.2) is 36.4 Å². The maximum absolute atomic E-state index is 13.5. The lowest BCUT2D eigenvalue weighted by atomic mass is 10.2. The molecule has 88 valence electrons. The average molecular weight is 255 g/mol. The number of anilines is 3. The van der Waals surface area contributed by atoms with E-state index in [2.05, 4.69) is 5.32 Å². The summed E-state index contributed by atoms with van der Waals surface area (Å²) in [5.74, 6) is -0.990. The summed E-state index contributed by atoms with van der Waals surface area (Å²) in [5.41, 5.74) is 6.30. The SMILES string of the molecule is Nc1ccc(F)cc1Nc1c(F)cccc1Cl. The highest BCUT2D eigenvalue weighted by atomic mass is 35.5. The number of benzene rings is 2. The smallest absolute Gasteiger partial charge is 0.148 e. The molecule has 0 spiro atoms. The zero-order valence-electron chi connectivity index (χ0n) is 8.68. The highest BCUT2D eigenvalue weighted by Gasteiger charge is 2.09. The molecule has 2 aromatic rings. The van der Waals surface area contributed by atoms with Crippen molar-refractivity contribution in [3.8, 4) is 0 Å². The summed E-state index contributed by atoms with van der Waals surface area (Å²) in [6, 6.07) is 8.07. The third kappa shape index (κ3) is 2.47. The molecule has 2 rings (SSSR count). The van der Waals surface area contributed by atoms with Gasteiger partial charge in [0.25, 0.3) is 0 Å². The van der Waals surface area contributed by atoms with Gasteiger partial charge in [0.2, 0.25) is 0 Å². The van der Waals surface area contributed by atoms with E-state index in [0.29, 0.717) is 5.69 Å². The van der Waals surface area contributed by atoms with E-state index in [0.717, 1.165) is 0 Å². The Balaban J connectivity index is 2.41. The largest absolute Gasteiger partial charge is 0.397 e. The second-order valence-electron chi connectivity index (χ2n) is 3.45. The summed E-state index contributed by atoms with van der Waals surface area (Å²) in [6.07, 6.45) is 0. The number of hydrogen-bond acceptors (Lipinski definition) is 2. The fourth-order valence-electron chi connectivity index (χ4n) is 1.39. The van der Waals surface area contributed by atoms with Crippen LogP contribution in [0.25, 0.3) is 0 Å². The van der Waals surface area contributed by atoms with Gasteiger partial charge in [-0.3, -0.25) is 0 Å². The molecule has 0 aliphatic rings. The van der Waals surface area contributed by atoms with Crippen LogP contribution < -0.4 is 11.1 Å². The predicted molar refractivity (Wildman–Crippen MR) is 65.5 cm³/mol. The molecular weight excluding hydrogens is 246 g/mol. The molecule has 0 aliphatic carbocycles. The minimum atomic E-state index is -0.527. The Bertz CT molecular complexity index is 538. The monoisotopic (exact) mass is 254 g/mol. The van der Waals surface area contributed by atoms with Crippen LogP contribution >= 0.6 is 11.6 Å². The van der Waals surface area contributed by atoms with Crippen LogP contribution in [-0.4, -0.2) is 0 Å². The summed E-state index contributed by atoms with van der Waals surface area (Å²) >= 11 is 5.83. The van der Waals surface area contributed by atoms with Gasteiger partial charge >= 0.3 is 0 Å². The first kappa shape index (κ1) is 11.7. The van der Waals surface area contributed by atoms with Crippen molar-refractivity contribution in [2.75, 3.05) is 11.1 Å². The number of para-hydroxylation sites is 1. The summed E-state index contributed by atoms with van der Waals surface area (Å²) in [7, 11) is 0. The van der Waals surface area contributed by atoms with Crippen LogP contribution in [0.1, 0.15) is 0 Å². The van der Waals surface area contributed by atoms with Crippen LogP contribution in [0.3, 0.4) is 0 Å². The van der Waals surface area contributed by atoms with E-state index in [9.17, 15) is 8.78 Å². The summed E-state index contributed by atoms with van der Waals surface area (Å²) in [5, 5.41) is 2.88. The fraction of sp³-hybridized carbons (Fsp3) is 0. The van der Waals surface area contributed by atoms with Gasteiger partial charge in [0.15, 0.2) is 0 Å². The fourth-order valence-corrected chi connectivity index (χ4v) is 1.60. The first-order valence-electron chi connectivity index (χ1n) is 4.84. The predicted octanol–water partition coefficient (Wildman–Crippen LogP) is 3.94. The van der Waals surface area contributed by atoms with Crippen LogP contribution in [0, 0.1) is 11.6 Å². The Hall–Kier alpha value is -1.81. The first-order valence-corrected chi connectivity index (χ1v) is 5.22. The quantitative estimate of drug-likeness (QED) is 0.797. The molecule has 0 unspecified atom stereocenters. The lowest BCUT2D eigenvalue weighted by Crippen LogP contribution is -1.99. The number of nitrogens with two attached hydrogens (primary N) is 1. The van der Waals surface area contributed by atoms with Gasteiger partial charge in [-0.1, -0.05) is 17.7 Å². The third-order valence-corrected chi connectivity index (χ3v) is 2.55. The van der Waals surface area contributed by atoms with Crippen molar-refractivity contribution in [2.24, 2.45) is 0 Å². The molecule has 0 fully saturated rings. The van der Waals surface area contributed by atoms with Gasteiger partial charge in [-0.2, -0.15) is 0 Å². The Morgan fingerprint density at radius 2 is 1.88 bits per heavy atom. The van der Waals surface area contributed by atoms with Gasteiger partial charge in [-0.05, 0) is 30.3 Å². The van der Waals surface area contributed by atoms with E-state index in [4.69, 9.17) is 17.3 Å². The molecule has 0 atom stereocenters. The zero-order valence-corrected chi connectivity index (χ0v) is 9.43. The summed E-state index contributed by atoms with van der Waals surface area (Å²) in [6.45, 7) is 0. The molecule has 0 aliphatic heterocycles. The van der Waals surface area contributed by atoms with Gasteiger partial charge in [0.05, 0.1) is 22.1 Å². The third-order valence-electron chi connectivity index (χ3n) is 2.24. The molecule has 0 saturated heterocycles. The van der Waals surface area contributed by atoms with Gasteiger partial charge in [-0.15, -0.1) is 0 Å². The molecule has 0 saturated carbocycles. The normalized spacial score (nSPS) is 10.3. The molecule has 17 heavy (non-hydrogen) atoms. The van der Waals surface area contributed by atoms with Gasteiger partial charge in [0, 0.05) is 0 Å². The van der Waals surface area contributed by atoms with Crippen LogP contribution in [0.2, 0.25) is 5.02 Å². The second kappa shape index (κ2) is 4.59. The molecule has 3 N–H and O–H groups in total. The maximum Gasteiger partial charge on any atom is 0.148 e. The van der Waals surface area contributed by atoms with E-state index in [1.54, 1.807) is 0 Å². The number of hydrogen-bond donors (Lipinski definition) is 2. The van der Waals surface area contributed by atoms with Crippen LogP contribution in [-0.2, 0) is 0 Å². The van der Waals surface area contributed by atoms with Crippen LogP contribution in [0.5, 0.6) is 0 Å². The molecular formula is C12H9ClF2N2. The molecule has 0 radical (unpaired) electrons. The summed E-state index contributed by atoms with van der Waals surface area (Å²) < 4.78 is 26.5. The molecule has 0 aromatic heterocycles. The number of nitrogens with one attached hydrogen (secondary N) is 1. The van der Waals surface area contributed by atoms with E-state index in [1.165, 1.54) is 36.4 Å². The van der Waals surface area contributed by atoms with Crippen LogP contribution in [0.4, 0.5) is 25.8 Å². The van der Waals surface area contributed by atoms with Gasteiger partial charge < -0.3 is 11.1 Å². The van der Waals surface area contributed by atoms with Crippen molar-refractivity contribution < 1.29 is 8.78 Å². The molecule has 0 amide bonds. The van der Waals surface area contributed by atoms with Crippen molar-refractivity contribution in [3.63, 3.8) is 0 Å². The minimum Gasteiger partial charge on any atom is -0.397 e. The molecule has 0 bridgehead atoms. The Kier molecular flexibility index (Phi) is 3.15. The van der Waals surface area contributed by atoms with E-state index >= 15 is 0 Å². The highest BCUT2D eigenvalue weighted by Crippen LogP contribution is 2.30. The Labute approximate surface area is 102 Å². The van der Waals surface area contributed by atoms with Crippen molar-refractivity contribution in [2.45, 2.75) is 0 Å². The average Bonchev–Trinajstić information content (AvgIpc) is 2.28. The minimum absolute atomic E-state index is 0.0754.